The number of unbranched alkanes of at least 4 members (excludes halogenated alkanes) is 11. The van der Waals surface area contributed by atoms with Crippen LogP contribution in [0.4, 0.5) is 0 Å². The average Bonchev–Trinajstić information content (AvgIpc) is 2.74. The van der Waals surface area contributed by atoms with E-state index in [0.29, 0.717) is 19.1 Å². The topological polar surface area (TPSA) is 52.6 Å². The molecule has 1 aliphatic rings. The molecule has 0 unspecified atom stereocenters. The Morgan fingerprint density at radius 3 is 1.69 bits per heavy atom. The van der Waals surface area contributed by atoms with Gasteiger partial charge in [-0.1, -0.05) is 96.8 Å². The van der Waals surface area contributed by atoms with Crippen LogP contribution < -0.4 is 0 Å². The number of hydrogen-bond donors (Lipinski definition) is 0. The van der Waals surface area contributed by atoms with Crippen LogP contribution in [-0.4, -0.2) is 25.2 Å². The predicted octanol–water partition coefficient (Wildman–Crippen LogP) is 7.13. The van der Waals surface area contributed by atoms with E-state index in [-0.39, 0.29) is 24.8 Å². The second-order valence-electron chi connectivity index (χ2n) is 8.80. The van der Waals surface area contributed by atoms with Crippen molar-refractivity contribution in [1.29, 1.82) is 0 Å². The van der Waals surface area contributed by atoms with Gasteiger partial charge in [0.15, 0.2) is 0 Å². The summed E-state index contributed by atoms with van der Waals surface area (Å²) < 4.78 is 10.5. The highest BCUT2D eigenvalue weighted by Gasteiger charge is 2.16. The van der Waals surface area contributed by atoms with Gasteiger partial charge in [0.2, 0.25) is 0 Å². The van der Waals surface area contributed by atoms with Gasteiger partial charge in [-0.05, 0) is 25.2 Å². The minimum atomic E-state index is -0.275. The van der Waals surface area contributed by atoms with E-state index in [1.165, 1.54) is 83.5 Å². The first-order valence-electron chi connectivity index (χ1n) is 12.5. The van der Waals surface area contributed by atoms with E-state index in [0.717, 1.165) is 25.7 Å². The first-order chi connectivity index (χ1) is 14.2. The summed E-state index contributed by atoms with van der Waals surface area (Å²) in [5.74, 6) is -0.0222. The quantitative estimate of drug-likeness (QED) is 0.178. The number of hydrogen-bond acceptors (Lipinski definition) is 4. The van der Waals surface area contributed by atoms with Gasteiger partial charge >= 0.3 is 11.9 Å². The highest BCUT2D eigenvalue weighted by Crippen LogP contribution is 2.23. The summed E-state index contributed by atoms with van der Waals surface area (Å²) >= 11 is 0. The van der Waals surface area contributed by atoms with E-state index in [4.69, 9.17) is 9.47 Å². The zero-order valence-electron chi connectivity index (χ0n) is 19.1. The Labute approximate surface area is 179 Å². The normalized spacial score (nSPS) is 14.7. The number of carbonyl (C=O) groups is 2. The molecule has 0 aromatic rings. The molecule has 0 amide bonds. The molecule has 1 aliphatic carbocycles. The largest absolute Gasteiger partial charge is 0.466 e. The maximum atomic E-state index is 11.7. The molecule has 29 heavy (non-hydrogen) atoms. The van der Waals surface area contributed by atoms with Gasteiger partial charge < -0.3 is 9.47 Å². The molecule has 0 N–H and O–H groups in total. The van der Waals surface area contributed by atoms with Crippen LogP contribution in [0, 0.1) is 5.92 Å². The minimum absolute atomic E-state index is 0.141. The van der Waals surface area contributed by atoms with Crippen molar-refractivity contribution in [1.82, 2.24) is 0 Å². The van der Waals surface area contributed by atoms with E-state index < -0.39 is 0 Å². The molecule has 4 heteroatoms. The molecule has 0 atom stereocenters. The lowest BCUT2D eigenvalue weighted by atomic mass is 9.90. The summed E-state index contributed by atoms with van der Waals surface area (Å²) in [6.07, 6.45) is 21.9. The van der Waals surface area contributed by atoms with Crippen molar-refractivity contribution in [3.63, 3.8) is 0 Å². The summed E-state index contributed by atoms with van der Waals surface area (Å²) in [6, 6.07) is 0. The van der Waals surface area contributed by atoms with Gasteiger partial charge in [0.05, 0.1) is 26.1 Å². The van der Waals surface area contributed by atoms with Crippen LogP contribution in [0.1, 0.15) is 129 Å². The third-order valence-corrected chi connectivity index (χ3v) is 6.00. The molecule has 4 nitrogen and oxygen atoms in total. The van der Waals surface area contributed by atoms with Gasteiger partial charge in [-0.2, -0.15) is 0 Å². The zero-order valence-corrected chi connectivity index (χ0v) is 19.1. The highest BCUT2D eigenvalue weighted by molar-refractivity contribution is 5.77. The van der Waals surface area contributed by atoms with Gasteiger partial charge in [-0.25, -0.2) is 0 Å². The molecule has 1 fully saturated rings. The van der Waals surface area contributed by atoms with Crippen molar-refractivity contribution >= 4 is 11.9 Å². The predicted molar refractivity (Wildman–Crippen MR) is 119 cm³/mol. The lowest BCUT2D eigenvalue weighted by Gasteiger charge is -2.20. The maximum Gasteiger partial charge on any atom is 0.306 e. The molecule has 0 aliphatic heterocycles. The average molecular weight is 411 g/mol. The van der Waals surface area contributed by atoms with Crippen LogP contribution in [-0.2, 0) is 19.1 Å². The molecule has 1 saturated carbocycles. The van der Waals surface area contributed by atoms with Crippen molar-refractivity contribution < 1.29 is 19.1 Å². The van der Waals surface area contributed by atoms with E-state index in [1.807, 2.05) is 0 Å². The third-order valence-electron chi connectivity index (χ3n) is 6.00. The Morgan fingerprint density at radius 1 is 0.655 bits per heavy atom. The van der Waals surface area contributed by atoms with Crippen LogP contribution >= 0.6 is 0 Å². The first-order valence-corrected chi connectivity index (χ1v) is 12.5. The Hall–Kier alpha value is -1.06. The maximum absolute atomic E-state index is 11.7. The van der Waals surface area contributed by atoms with Gasteiger partial charge in [0.1, 0.15) is 0 Å². The molecule has 170 valence electrons. The fourth-order valence-electron chi connectivity index (χ4n) is 4.04. The molecule has 0 aromatic carbocycles. The van der Waals surface area contributed by atoms with Crippen LogP contribution in [0.3, 0.4) is 0 Å². The first kappa shape index (κ1) is 26.0. The molecular formula is C25H46O4. The van der Waals surface area contributed by atoms with Crippen molar-refractivity contribution in [3.8, 4) is 0 Å². The van der Waals surface area contributed by atoms with Gasteiger partial charge in [-0.3, -0.25) is 9.59 Å². The Kier molecular flexibility index (Phi) is 17.0. The second kappa shape index (κ2) is 18.9. The minimum Gasteiger partial charge on any atom is -0.466 e. The molecule has 0 saturated heterocycles. The fraction of sp³-hybridized carbons (Fsp3) is 0.920. The molecular weight excluding hydrogens is 364 g/mol. The number of esters is 2. The number of ether oxygens (including phenoxy) is 2. The van der Waals surface area contributed by atoms with Crippen LogP contribution in [0.2, 0.25) is 0 Å². The van der Waals surface area contributed by atoms with Crippen molar-refractivity contribution in [2.45, 2.75) is 129 Å². The van der Waals surface area contributed by atoms with Crippen LogP contribution in [0.15, 0.2) is 0 Å². The Balaban J connectivity index is 1.81. The summed E-state index contributed by atoms with van der Waals surface area (Å²) in [5.41, 5.74) is 0. The lowest BCUT2D eigenvalue weighted by molar-refractivity contribution is -0.151. The summed E-state index contributed by atoms with van der Waals surface area (Å²) in [4.78, 5) is 23.5. The fourth-order valence-corrected chi connectivity index (χ4v) is 4.04. The zero-order chi connectivity index (χ0) is 21.0. The Bertz CT molecular complexity index is 402. The smallest absolute Gasteiger partial charge is 0.306 e. The number of carbonyl (C=O) groups excluding carboxylic acids is 2. The Morgan fingerprint density at radius 2 is 1.14 bits per heavy atom. The van der Waals surface area contributed by atoms with E-state index in [9.17, 15) is 9.59 Å². The van der Waals surface area contributed by atoms with Crippen LogP contribution in [0.5, 0.6) is 0 Å². The van der Waals surface area contributed by atoms with Crippen LogP contribution in [0.25, 0.3) is 0 Å². The SMILES string of the molecule is CCCCCCCCCCCCCCOC(=O)CCC(=O)OCC1CCCCC1. The standard InChI is InChI=1S/C25H46O4/c1-2-3-4-5-6-7-8-9-10-11-12-16-21-28-24(26)19-20-25(27)29-22-23-17-14-13-15-18-23/h23H,2-22H2,1H3. The highest BCUT2D eigenvalue weighted by atomic mass is 16.5. The molecule has 0 spiro atoms. The van der Waals surface area contributed by atoms with E-state index in [1.54, 1.807) is 0 Å². The van der Waals surface area contributed by atoms with E-state index in [2.05, 4.69) is 6.92 Å². The lowest BCUT2D eigenvalue weighted by Crippen LogP contribution is -2.17. The van der Waals surface area contributed by atoms with Crippen molar-refractivity contribution in [2.75, 3.05) is 13.2 Å². The molecule has 0 aromatic heterocycles. The summed E-state index contributed by atoms with van der Waals surface area (Å²) in [5, 5.41) is 0. The van der Waals surface area contributed by atoms with Crippen molar-refractivity contribution in [2.24, 2.45) is 5.92 Å². The monoisotopic (exact) mass is 410 g/mol. The summed E-state index contributed by atoms with van der Waals surface area (Å²) in [6.45, 7) is 3.26. The third kappa shape index (κ3) is 16.4. The molecule has 0 radical (unpaired) electrons. The number of rotatable bonds is 18. The molecule has 0 bridgehead atoms. The summed E-state index contributed by atoms with van der Waals surface area (Å²) in [7, 11) is 0. The van der Waals surface area contributed by atoms with Gasteiger partial charge in [-0.15, -0.1) is 0 Å². The van der Waals surface area contributed by atoms with Crippen molar-refractivity contribution in [3.05, 3.63) is 0 Å². The molecule has 0 heterocycles. The second-order valence-corrected chi connectivity index (χ2v) is 8.80. The van der Waals surface area contributed by atoms with E-state index >= 15 is 0 Å². The molecule has 1 rings (SSSR count). The van der Waals surface area contributed by atoms with Gasteiger partial charge in [0, 0.05) is 0 Å². The van der Waals surface area contributed by atoms with Gasteiger partial charge in [0.25, 0.3) is 0 Å².